The van der Waals surface area contributed by atoms with Gasteiger partial charge in [-0.15, -0.1) is 10.2 Å². The Hall–Kier alpha value is -2.09. The molecule has 5 nitrogen and oxygen atoms in total. The van der Waals surface area contributed by atoms with Gasteiger partial charge in [0.05, 0.1) is 0 Å². The van der Waals surface area contributed by atoms with E-state index in [4.69, 9.17) is 11.6 Å². The monoisotopic (exact) mass is 390 g/mol. The van der Waals surface area contributed by atoms with Crippen LogP contribution in [0.15, 0.2) is 52.9 Å². The predicted octanol–water partition coefficient (Wildman–Crippen LogP) is 5.44. The van der Waals surface area contributed by atoms with Gasteiger partial charge in [0.15, 0.2) is 4.34 Å². The van der Waals surface area contributed by atoms with Gasteiger partial charge in [-0.25, -0.2) is 4.79 Å². The molecule has 2 aromatic carbocycles. The molecule has 2 N–H and O–H groups in total. The molecule has 128 valence electrons. The fourth-order valence-electron chi connectivity index (χ4n) is 2.02. The van der Waals surface area contributed by atoms with Crippen LogP contribution in [0.3, 0.4) is 0 Å². The molecule has 0 unspecified atom stereocenters. The first kappa shape index (κ1) is 17.7. The van der Waals surface area contributed by atoms with Gasteiger partial charge in [0, 0.05) is 16.5 Å². The maximum absolute atomic E-state index is 12.0. The largest absolute Gasteiger partial charge is 0.325 e. The maximum atomic E-state index is 12.0. The van der Waals surface area contributed by atoms with Crippen molar-refractivity contribution in [1.82, 2.24) is 10.2 Å². The molecule has 3 aromatic rings. The SMILES string of the molecule is Cc1ccccc1CSc1nnc(NC(=O)Nc2ccc(Cl)cc2)s1. The number of rotatable bonds is 5. The number of amides is 2. The van der Waals surface area contributed by atoms with E-state index in [0.717, 1.165) is 10.1 Å². The lowest BCUT2D eigenvalue weighted by atomic mass is 10.1. The van der Waals surface area contributed by atoms with Crippen LogP contribution in [-0.2, 0) is 5.75 Å². The molecule has 25 heavy (non-hydrogen) atoms. The summed E-state index contributed by atoms with van der Waals surface area (Å²) in [6, 6.07) is 14.7. The summed E-state index contributed by atoms with van der Waals surface area (Å²) in [7, 11) is 0. The van der Waals surface area contributed by atoms with Crippen molar-refractivity contribution in [3.8, 4) is 0 Å². The zero-order chi connectivity index (χ0) is 17.6. The summed E-state index contributed by atoms with van der Waals surface area (Å²) in [5, 5.41) is 14.6. The van der Waals surface area contributed by atoms with Crippen LogP contribution in [0.1, 0.15) is 11.1 Å². The van der Waals surface area contributed by atoms with Crippen LogP contribution in [-0.4, -0.2) is 16.2 Å². The quantitative estimate of drug-likeness (QED) is 0.450. The summed E-state index contributed by atoms with van der Waals surface area (Å²) in [6.07, 6.45) is 0. The molecule has 0 aliphatic rings. The van der Waals surface area contributed by atoms with E-state index in [0.29, 0.717) is 15.8 Å². The van der Waals surface area contributed by atoms with Crippen molar-refractivity contribution in [2.24, 2.45) is 0 Å². The average Bonchev–Trinajstić information content (AvgIpc) is 3.03. The summed E-state index contributed by atoms with van der Waals surface area (Å²) in [5.74, 6) is 0.818. The molecule has 0 aliphatic heterocycles. The Morgan fingerprint density at radius 1 is 1.12 bits per heavy atom. The van der Waals surface area contributed by atoms with Crippen molar-refractivity contribution >= 4 is 51.5 Å². The number of anilines is 2. The standard InChI is InChI=1S/C17H15ClN4OS2/c1-11-4-2-3-5-12(11)10-24-17-22-21-16(25-17)20-15(23)19-14-8-6-13(18)7-9-14/h2-9H,10H2,1H3,(H2,19,20,21,23). The van der Waals surface area contributed by atoms with Gasteiger partial charge in [0.25, 0.3) is 0 Å². The third-order valence-corrected chi connectivity index (χ3v) is 5.61. The summed E-state index contributed by atoms with van der Waals surface area (Å²) in [6.45, 7) is 2.09. The van der Waals surface area contributed by atoms with E-state index in [1.54, 1.807) is 36.0 Å². The number of carbonyl (C=O) groups excluding carboxylic acids is 1. The molecule has 0 saturated heterocycles. The average molecular weight is 391 g/mol. The Morgan fingerprint density at radius 3 is 2.64 bits per heavy atom. The van der Waals surface area contributed by atoms with E-state index >= 15 is 0 Å². The van der Waals surface area contributed by atoms with E-state index in [9.17, 15) is 4.79 Å². The molecular weight excluding hydrogens is 376 g/mol. The first-order chi connectivity index (χ1) is 12.1. The molecule has 0 radical (unpaired) electrons. The number of aromatic nitrogens is 2. The van der Waals surface area contributed by atoms with Gasteiger partial charge in [0.2, 0.25) is 5.13 Å². The van der Waals surface area contributed by atoms with Gasteiger partial charge < -0.3 is 5.32 Å². The number of nitrogens with zero attached hydrogens (tertiary/aromatic N) is 2. The number of hydrogen-bond acceptors (Lipinski definition) is 5. The molecule has 2 amide bonds. The van der Waals surface area contributed by atoms with Gasteiger partial charge in [0.1, 0.15) is 0 Å². The van der Waals surface area contributed by atoms with Gasteiger partial charge in [-0.2, -0.15) is 0 Å². The second-order valence-corrected chi connectivity index (χ2v) is 7.81. The Bertz CT molecular complexity index is 867. The topological polar surface area (TPSA) is 66.9 Å². The molecule has 0 saturated carbocycles. The zero-order valence-corrected chi connectivity index (χ0v) is 15.7. The third kappa shape index (κ3) is 5.19. The number of hydrogen-bond donors (Lipinski definition) is 2. The van der Waals surface area contributed by atoms with E-state index in [2.05, 4.69) is 39.9 Å². The molecular formula is C17H15ClN4OS2. The van der Waals surface area contributed by atoms with Crippen molar-refractivity contribution in [3.05, 3.63) is 64.7 Å². The van der Waals surface area contributed by atoms with Crippen molar-refractivity contribution in [1.29, 1.82) is 0 Å². The summed E-state index contributed by atoms with van der Waals surface area (Å²) >= 11 is 8.76. The highest BCUT2D eigenvalue weighted by Gasteiger charge is 2.09. The minimum atomic E-state index is -0.367. The lowest BCUT2D eigenvalue weighted by molar-refractivity contribution is 0.262. The minimum Gasteiger partial charge on any atom is -0.308 e. The third-order valence-electron chi connectivity index (χ3n) is 3.34. The first-order valence-electron chi connectivity index (χ1n) is 7.44. The Kier molecular flexibility index (Phi) is 5.91. The van der Waals surface area contributed by atoms with Crippen LogP contribution >= 0.6 is 34.7 Å². The number of benzene rings is 2. The van der Waals surface area contributed by atoms with Gasteiger partial charge in [-0.1, -0.05) is 59.0 Å². The molecule has 1 heterocycles. The summed E-state index contributed by atoms with van der Waals surface area (Å²) in [5.41, 5.74) is 3.17. The summed E-state index contributed by atoms with van der Waals surface area (Å²) in [4.78, 5) is 12.0. The highest BCUT2D eigenvalue weighted by atomic mass is 35.5. The number of nitrogens with one attached hydrogen (secondary N) is 2. The highest BCUT2D eigenvalue weighted by molar-refractivity contribution is 8.00. The number of thioether (sulfide) groups is 1. The molecule has 8 heteroatoms. The lowest BCUT2D eigenvalue weighted by Gasteiger charge is -2.04. The smallest absolute Gasteiger partial charge is 0.308 e. The number of carbonyl (C=O) groups is 1. The van der Waals surface area contributed by atoms with Crippen LogP contribution in [0.5, 0.6) is 0 Å². The van der Waals surface area contributed by atoms with E-state index < -0.39 is 0 Å². The second-order valence-electron chi connectivity index (χ2n) is 5.17. The van der Waals surface area contributed by atoms with Gasteiger partial charge in [-0.3, -0.25) is 5.32 Å². The number of aryl methyl sites for hydroxylation is 1. The molecule has 1 aromatic heterocycles. The normalized spacial score (nSPS) is 10.5. The Morgan fingerprint density at radius 2 is 1.88 bits per heavy atom. The van der Waals surface area contributed by atoms with Crippen LogP contribution in [0.25, 0.3) is 0 Å². The molecule has 0 atom stereocenters. The highest BCUT2D eigenvalue weighted by Crippen LogP contribution is 2.29. The van der Waals surface area contributed by atoms with Crippen molar-refractivity contribution < 1.29 is 4.79 Å². The number of urea groups is 1. The maximum Gasteiger partial charge on any atom is 0.325 e. The van der Waals surface area contributed by atoms with Crippen LogP contribution in [0.4, 0.5) is 15.6 Å². The van der Waals surface area contributed by atoms with Crippen LogP contribution in [0.2, 0.25) is 5.02 Å². The van der Waals surface area contributed by atoms with E-state index in [-0.39, 0.29) is 6.03 Å². The molecule has 0 bridgehead atoms. The van der Waals surface area contributed by atoms with Crippen LogP contribution in [0, 0.1) is 6.92 Å². The predicted molar refractivity (Wildman–Crippen MR) is 105 cm³/mol. The Labute approximate surface area is 158 Å². The number of halogens is 1. The minimum absolute atomic E-state index is 0.367. The zero-order valence-electron chi connectivity index (χ0n) is 13.3. The van der Waals surface area contributed by atoms with Crippen molar-refractivity contribution in [3.63, 3.8) is 0 Å². The fourth-order valence-corrected chi connectivity index (χ4v) is 3.97. The van der Waals surface area contributed by atoms with Gasteiger partial charge in [-0.05, 0) is 42.3 Å². The second kappa shape index (κ2) is 8.33. The van der Waals surface area contributed by atoms with Crippen molar-refractivity contribution in [2.45, 2.75) is 17.0 Å². The molecule has 0 fully saturated rings. The van der Waals surface area contributed by atoms with Crippen LogP contribution < -0.4 is 10.6 Å². The first-order valence-corrected chi connectivity index (χ1v) is 9.62. The fraction of sp³-hybridized carbons (Fsp3) is 0.118. The lowest BCUT2D eigenvalue weighted by Crippen LogP contribution is -2.19. The molecule has 0 spiro atoms. The van der Waals surface area contributed by atoms with E-state index in [1.165, 1.54) is 22.5 Å². The van der Waals surface area contributed by atoms with Gasteiger partial charge >= 0.3 is 6.03 Å². The molecule has 3 rings (SSSR count). The Balaban J connectivity index is 1.53. The van der Waals surface area contributed by atoms with E-state index in [1.807, 2.05) is 12.1 Å². The summed E-state index contributed by atoms with van der Waals surface area (Å²) < 4.78 is 0.810. The van der Waals surface area contributed by atoms with Crippen molar-refractivity contribution in [2.75, 3.05) is 10.6 Å². The molecule has 0 aliphatic carbocycles.